The van der Waals surface area contributed by atoms with Crippen molar-refractivity contribution < 1.29 is 14.6 Å². The number of rotatable bonds is 2. The lowest BCUT2D eigenvalue weighted by atomic mass is 10.1. The summed E-state index contributed by atoms with van der Waals surface area (Å²) in [5, 5.41) is 9.72. The van der Waals surface area contributed by atoms with E-state index < -0.39 is 5.97 Å². The van der Waals surface area contributed by atoms with Crippen LogP contribution in [0.3, 0.4) is 0 Å². The summed E-state index contributed by atoms with van der Waals surface area (Å²) < 4.78 is 5.34. The smallest absolute Gasteiger partial charge is 0.337 e. The van der Waals surface area contributed by atoms with Crippen LogP contribution in [-0.4, -0.2) is 36.9 Å². The van der Waals surface area contributed by atoms with Crippen LogP contribution in [0.1, 0.15) is 17.3 Å². The predicted molar refractivity (Wildman–Crippen MR) is 66.0 cm³/mol. The zero-order valence-electron chi connectivity index (χ0n) is 9.52. The minimum absolute atomic E-state index is 0.153. The second-order valence-corrected chi connectivity index (χ2v) is 4.52. The minimum atomic E-state index is -0.935. The van der Waals surface area contributed by atoms with E-state index in [0.717, 1.165) is 0 Å². The fourth-order valence-electron chi connectivity index (χ4n) is 2.01. The third-order valence-corrected chi connectivity index (χ3v) is 3.10. The van der Waals surface area contributed by atoms with Gasteiger partial charge in [0.25, 0.3) is 0 Å². The van der Waals surface area contributed by atoms with Crippen LogP contribution >= 0.6 is 11.6 Å². The third kappa shape index (κ3) is 2.53. The molecule has 1 atom stereocenters. The Morgan fingerprint density at radius 2 is 2.35 bits per heavy atom. The molecule has 5 heteroatoms. The number of hydrogen-bond donors (Lipinski definition) is 1. The highest BCUT2D eigenvalue weighted by Crippen LogP contribution is 2.27. The van der Waals surface area contributed by atoms with E-state index in [1.165, 1.54) is 0 Å². The largest absolute Gasteiger partial charge is 0.478 e. The second kappa shape index (κ2) is 4.94. The van der Waals surface area contributed by atoms with Gasteiger partial charge in [0.05, 0.1) is 24.5 Å². The number of halogens is 1. The van der Waals surface area contributed by atoms with Crippen molar-refractivity contribution >= 4 is 23.3 Å². The highest BCUT2D eigenvalue weighted by atomic mass is 35.5. The Kier molecular flexibility index (Phi) is 3.54. The van der Waals surface area contributed by atoms with Crippen LogP contribution in [0.25, 0.3) is 0 Å². The van der Waals surface area contributed by atoms with E-state index in [9.17, 15) is 9.90 Å². The normalized spacial score (nSPS) is 20.4. The fraction of sp³-hybridized carbons (Fsp3) is 0.417. The molecule has 0 aliphatic carbocycles. The Bertz CT molecular complexity index is 436. The van der Waals surface area contributed by atoms with Gasteiger partial charge >= 0.3 is 5.97 Å². The number of hydrogen-bond acceptors (Lipinski definition) is 3. The van der Waals surface area contributed by atoms with Gasteiger partial charge in [-0.15, -0.1) is 0 Å². The topological polar surface area (TPSA) is 49.8 Å². The van der Waals surface area contributed by atoms with E-state index in [4.69, 9.17) is 16.3 Å². The number of anilines is 1. The molecular formula is C12H14ClNO3. The summed E-state index contributed by atoms with van der Waals surface area (Å²) >= 11 is 5.94. The highest BCUT2D eigenvalue weighted by molar-refractivity contribution is 6.31. The average molecular weight is 256 g/mol. The van der Waals surface area contributed by atoms with Gasteiger partial charge in [-0.1, -0.05) is 11.6 Å². The number of benzene rings is 1. The van der Waals surface area contributed by atoms with Crippen molar-refractivity contribution in [2.75, 3.05) is 24.7 Å². The lowest BCUT2D eigenvalue weighted by Crippen LogP contribution is -2.44. The first-order valence-corrected chi connectivity index (χ1v) is 5.84. The van der Waals surface area contributed by atoms with E-state index in [-0.39, 0.29) is 11.6 Å². The molecule has 0 saturated carbocycles. The predicted octanol–water partition coefficient (Wildman–Crippen LogP) is 2.26. The molecule has 1 aliphatic heterocycles. The number of ether oxygens (including phenoxy) is 1. The number of aromatic carboxylic acids is 1. The summed E-state index contributed by atoms with van der Waals surface area (Å²) in [6.07, 6.45) is 0. The van der Waals surface area contributed by atoms with E-state index in [0.29, 0.717) is 30.5 Å². The molecule has 1 fully saturated rings. The number of carbonyl (C=O) groups is 1. The first-order valence-electron chi connectivity index (χ1n) is 5.47. The molecule has 0 bridgehead atoms. The van der Waals surface area contributed by atoms with Gasteiger partial charge in [-0.3, -0.25) is 0 Å². The molecule has 0 amide bonds. The summed E-state index contributed by atoms with van der Waals surface area (Å²) in [6.45, 7) is 3.90. The highest BCUT2D eigenvalue weighted by Gasteiger charge is 2.23. The number of nitrogens with zero attached hydrogens (tertiary/aromatic N) is 1. The fourth-order valence-corrected chi connectivity index (χ4v) is 2.17. The van der Waals surface area contributed by atoms with Crippen molar-refractivity contribution in [3.8, 4) is 0 Å². The van der Waals surface area contributed by atoms with Crippen LogP contribution in [0.15, 0.2) is 18.2 Å². The number of carboxylic acid groups (broad SMARTS) is 1. The van der Waals surface area contributed by atoms with Crippen molar-refractivity contribution in [3.05, 3.63) is 28.8 Å². The summed E-state index contributed by atoms with van der Waals surface area (Å²) in [5.74, 6) is -0.935. The first kappa shape index (κ1) is 12.2. The van der Waals surface area contributed by atoms with Gasteiger partial charge in [0.1, 0.15) is 0 Å². The van der Waals surface area contributed by atoms with Gasteiger partial charge in [-0.2, -0.15) is 0 Å². The molecule has 4 nitrogen and oxygen atoms in total. The maximum Gasteiger partial charge on any atom is 0.337 e. The van der Waals surface area contributed by atoms with Crippen molar-refractivity contribution in [2.45, 2.75) is 13.0 Å². The van der Waals surface area contributed by atoms with Crippen LogP contribution in [-0.2, 0) is 4.74 Å². The maximum atomic E-state index is 11.2. The summed E-state index contributed by atoms with van der Waals surface area (Å²) in [5.41, 5.74) is 0.948. The summed E-state index contributed by atoms with van der Waals surface area (Å²) in [4.78, 5) is 13.2. The Labute approximate surface area is 105 Å². The molecule has 1 saturated heterocycles. The summed E-state index contributed by atoms with van der Waals surface area (Å²) in [6, 6.07) is 4.99. The quantitative estimate of drug-likeness (QED) is 0.881. The second-order valence-electron chi connectivity index (χ2n) is 4.08. The molecule has 1 heterocycles. The van der Waals surface area contributed by atoms with Crippen molar-refractivity contribution in [1.82, 2.24) is 0 Å². The SMILES string of the molecule is CC1COCCN1c1cc(Cl)ccc1C(=O)O. The lowest BCUT2D eigenvalue weighted by molar-refractivity contribution is 0.0695. The zero-order valence-corrected chi connectivity index (χ0v) is 10.3. The average Bonchev–Trinajstić information content (AvgIpc) is 2.29. The van der Waals surface area contributed by atoms with Crippen LogP contribution < -0.4 is 4.90 Å². The van der Waals surface area contributed by atoms with Crippen LogP contribution in [0.2, 0.25) is 5.02 Å². The van der Waals surface area contributed by atoms with Gasteiger partial charge in [0.15, 0.2) is 0 Å². The van der Waals surface area contributed by atoms with Gasteiger partial charge in [-0.05, 0) is 25.1 Å². The van der Waals surface area contributed by atoms with Gasteiger partial charge < -0.3 is 14.7 Å². The molecule has 1 aromatic rings. The minimum Gasteiger partial charge on any atom is -0.478 e. The Morgan fingerprint density at radius 1 is 1.59 bits per heavy atom. The Morgan fingerprint density at radius 3 is 3.00 bits per heavy atom. The van der Waals surface area contributed by atoms with Crippen molar-refractivity contribution in [1.29, 1.82) is 0 Å². The van der Waals surface area contributed by atoms with Gasteiger partial charge in [0.2, 0.25) is 0 Å². The molecule has 0 radical (unpaired) electrons. The van der Waals surface area contributed by atoms with E-state index >= 15 is 0 Å². The molecule has 0 spiro atoms. The molecule has 1 N–H and O–H groups in total. The molecular weight excluding hydrogens is 242 g/mol. The van der Waals surface area contributed by atoms with Crippen LogP contribution in [0, 0.1) is 0 Å². The molecule has 2 rings (SSSR count). The Hall–Kier alpha value is -1.26. The molecule has 1 aliphatic rings. The van der Waals surface area contributed by atoms with Gasteiger partial charge in [0, 0.05) is 17.6 Å². The molecule has 92 valence electrons. The zero-order chi connectivity index (χ0) is 12.4. The van der Waals surface area contributed by atoms with Crippen LogP contribution in [0.4, 0.5) is 5.69 Å². The summed E-state index contributed by atoms with van der Waals surface area (Å²) in [7, 11) is 0. The monoisotopic (exact) mass is 255 g/mol. The standard InChI is InChI=1S/C12H14ClNO3/c1-8-7-17-5-4-14(8)11-6-9(13)2-3-10(11)12(15)16/h2-3,6,8H,4-5,7H2,1H3,(H,15,16). The van der Waals surface area contributed by atoms with Crippen molar-refractivity contribution in [3.63, 3.8) is 0 Å². The Balaban J connectivity index is 2.41. The molecule has 1 aromatic carbocycles. The van der Waals surface area contributed by atoms with Crippen molar-refractivity contribution in [2.24, 2.45) is 0 Å². The maximum absolute atomic E-state index is 11.2. The third-order valence-electron chi connectivity index (χ3n) is 2.87. The van der Waals surface area contributed by atoms with E-state index in [1.807, 2.05) is 11.8 Å². The first-order chi connectivity index (χ1) is 8.09. The molecule has 0 aromatic heterocycles. The molecule has 17 heavy (non-hydrogen) atoms. The van der Waals surface area contributed by atoms with E-state index in [2.05, 4.69) is 0 Å². The van der Waals surface area contributed by atoms with E-state index in [1.54, 1.807) is 18.2 Å². The lowest BCUT2D eigenvalue weighted by Gasteiger charge is -2.36. The number of morpholine rings is 1. The van der Waals surface area contributed by atoms with Gasteiger partial charge in [-0.25, -0.2) is 4.79 Å². The number of carboxylic acids is 1. The molecule has 1 unspecified atom stereocenters. The van der Waals surface area contributed by atoms with Crippen LogP contribution in [0.5, 0.6) is 0 Å².